The minimum absolute atomic E-state index is 0.0413. The standard InChI is InChI=1S/C37H45N5O3/c1-25-10-16-31(17-11-25)42-34(23-33(40-42)37(4,5)6)39-36(44)38-30-14-12-28(13-15-30)22-29-18-20-41(21-19-29)35(43)24-45-32-9-7-8-26(2)27(32)3/h7-17,23,29H,18-22,24H2,1-6H3,(H2,38,39,44). The number of aromatic nitrogens is 2. The Morgan fingerprint density at radius 3 is 2.27 bits per heavy atom. The summed E-state index contributed by atoms with van der Waals surface area (Å²) >= 11 is 0. The zero-order valence-corrected chi connectivity index (χ0v) is 27.3. The van der Waals surface area contributed by atoms with Crippen LogP contribution >= 0.6 is 0 Å². The molecule has 236 valence electrons. The number of carbonyl (C=O) groups excluding carboxylic acids is 2. The van der Waals surface area contributed by atoms with E-state index in [1.807, 2.05) is 86.3 Å². The van der Waals surface area contributed by atoms with Crippen molar-refractivity contribution in [3.63, 3.8) is 0 Å². The maximum Gasteiger partial charge on any atom is 0.324 e. The molecule has 8 heteroatoms. The van der Waals surface area contributed by atoms with E-state index in [1.54, 1.807) is 4.68 Å². The highest BCUT2D eigenvalue weighted by Gasteiger charge is 2.24. The van der Waals surface area contributed by atoms with E-state index in [9.17, 15) is 9.59 Å². The van der Waals surface area contributed by atoms with E-state index in [2.05, 4.69) is 43.5 Å². The average molecular weight is 608 g/mol. The maximum absolute atomic E-state index is 13.0. The third-order valence-electron chi connectivity index (χ3n) is 8.61. The molecule has 45 heavy (non-hydrogen) atoms. The molecule has 0 aliphatic carbocycles. The molecular formula is C37H45N5O3. The van der Waals surface area contributed by atoms with Gasteiger partial charge in [0.15, 0.2) is 6.61 Å². The van der Waals surface area contributed by atoms with Gasteiger partial charge in [-0.25, -0.2) is 9.48 Å². The molecule has 3 amide bonds. The molecule has 1 aromatic heterocycles. The number of piperidine rings is 1. The summed E-state index contributed by atoms with van der Waals surface area (Å²) in [5.41, 5.74) is 6.94. The zero-order chi connectivity index (χ0) is 32.1. The summed E-state index contributed by atoms with van der Waals surface area (Å²) in [6, 6.07) is 23.6. The first-order valence-corrected chi connectivity index (χ1v) is 15.8. The fourth-order valence-corrected chi connectivity index (χ4v) is 5.55. The number of aryl methyl sites for hydroxylation is 2. The molecule has 8 nitrogen and oxygen atoms in total. The van der Waals surface area contributed by atoms with Gasteiger partial charge >= 0.3 is 6.03 Å². The van der Waals surface area contributed by atoms with Crippen LogP contribution in [0.1, 0.15) is 61.6 Å². The highest BCUT2D eigenvalue weighted by molar-refractivity contribution is 5.99. The topological polar surface area (TPSA) is 88.5 Å². The number of anilines is 2. The number of rotatable bonds is 8. The molecule has 4 aromatic rings. The van der Waals surface area contributed by atoms with Crippen LogP contribution in [0.25, 0.3) is 5.69 Å². The molecule has 1 fully saturated rings. The second-order valence-corrected chi connectivity index (χ2v) is 13.2. The molecule has 2 heterocycles. The number of hydrogen-bond acceptors (Lipinski definition) is 4. The van der Waals surface area contributed by atoms with E-state index in [-0.39, 0.29) is 24.0 Å². The fraction of sp³-hybridized carbons (Fsp3) is 0.378. The van der Waals surface area contributed by atoms with Gasteiger partial charge in [-0.3, -0.25) is 10.1 Å². The Kier molecular flexibility index (Phi) is 9.61. The summed E-state index contributed by atoms with van der Waals surface area (Å²) in [5.74, 6) is 1.94. The van der Waals surface area contributed by atoms with Crippen molar-refractivity contribution in [2.45, 2.75) is 66.2 Å². The van der Waals surface area contributed by atoms with Crippen molar-refractivity contribution in [1.29, 1.82) is 0 Å². The second-order valence-electron chi connectivity index (χ2n) is 13.2. The zero-order valence-electron chi connectivity index (χ0n) is 27.3. The monoisotopic (exact) mass is 607 g/mol. The second kappa shape index (κ2) is 13.6. The van der Waals surface area contributed by atoms with Gasteiger partial charge in [0.25, 0.3) is 5.91 Å². The molecule has 0 bridgehead atoms. The average Bonchev–Trinajstić information content (AvgIpc) is 3.44. The molecule has 0 unspecified atom stereocenters. The predicted molar refractivity (Wildman–Crippen MR) is 181 cm³/mol. The van der Waals surface area contributed by atoms with Crippen LogP contribution in [0.15, 0.2) is 72.8 Å². The van der Waals surface area contributed by atoms with Crippen molar-refractivity contribution in [1.82, 2.24) is 14.7 Å². The van der Waals surface area contributed by atoms with E-state index in [0.717, 1.165) is 71.9 Å². The van der Waals surface area contributed by atoms with Gasteiger partial charge in [0.05, 0.1) is 11.4 Å². The number of carbonyl (C=O) groups is 2. The van der Waals surface area contributed by atoms with Gasteiger partial charge in [0.1, 0.15) is 11.6 Å². The molecule has 5 rings (SSSR count). The van der Waals surface area contributed by atoms with Crippen molar-refractivity contribution < 1.29 is 14.3 Å². The van der Waals surface area contributed by atoms with Crippen LogP contribution in [-0.4, -0.2) is 46.3 Å². The van der Waals surface area contributed by atoms with Crippen molar-refractivity contribution >= 4 is 23.4 Å². The Morgan fingerprint density at radius 2 is 1.60 bits per heavy atom. The summed E-state index contributed by atoms with van der Waals surface area (Å²) in [6.45, 7) is 14.0. The van der Waals surface area contributed by atoms with Crippen LogP contribution < -0.4 is 15.4 Å². The molecular weight excluding hydrogens is 562 g/mol. The molecule has 0 spiro atoms. The van der Waals surface area contributed by atoms with Gasteiger partial charge in [-0.05, 0) is 93.0 Å². The van der Waals surface area contributed by atoms with Gasteiger partial charge in [-0.1, -0.05) is 62.7 Å². The van der Waals surface area contributed by atoms with Gasteiger partial charge < -0.3 is 15.0 Å². The number of ether oxygens (including phenoxy) is 1. The Balaban J connectivity index is 1.11. The Bertz CT molecular complexity index is 1630. The van der Waals surface area contributed by atoms with Gasteiger partial charge in [0, 0.05) is 30.3 Å². The smallest absolute Gasteiger partial charge is 0.324 e. The third-order valence-corrected chi connectivity index (χ3v) is 8.61. The summed E-state index contributed by atoms with van der Waals surface area (Å²) in [6.07, 6.45) is 2.87. The third kappa shape index (κ3) is 8.12. The SMILES string of the molecule is Cc1ccc(-n2nc(C(C)(C)C)cc2NC(=O)Nc2ccc(CC3CCN(C(=O)COc4cccc(C)c4C)CC3)cc2)cc1. The van der Waals surface area contributed by atoms with Crippen molar-refractivity contribution in [2.75, 3.05) is 30.3 Å². The lowest BCUT2D eigenvalue weighted by Gasteiger charge is -2.32. The summed E-state index contributed by atoms with van der Waals surface area (Å²) in [4.78, 5) is 27.7. The first-order chi connectivity index (χ1) is 21.5. The van der Waals surface area contributed by atoms with E-state index >= 15 is 0 Å². The van der Waals surface area contributed by atoms with Crippen LogP contribution in [0.5, 0.6) is 5.75 Å². The van der Waals surface area contributed by atoms with Gasteiger partial charge in [-0.2, -0.15) is 5.10 Å². The number of nitrogens with zero attached hydrogens (tertiary/aromatic N) is 3. The number of amides is 3. The van der Waals surface area contributed by atoms with Crippen molar-refractivity contribution in [3.05, 3.63) is 101 Å². The normalized spacial score (nSPS) is 13.9. The Morgan fingerprint density at radius 1 is 0.911 bits per heavy atom. The van der Waals surface area contributed by atoms with Crippen molar-refractivity contribution in [2.24, 2.45) is 5.92 Å². The number of nitrogens with one attached hydrogen (secondary N) is 2. The first kappa shape index (κ1) is 31.8. The van der Waals surface area contributed by atoms with E-state index in [4.69, 9.17) is 9.84 Å². The molecule has 0 saturated carbocycles. The van der Waals surface area contributed by atoms with Gasteiger partial charge in [-0.15, -0.1) is 0 Å². The Hall–Kier alpha value is -4.59. The minimum atomic E-state index is -0.324. The number of urea groups is 1. The quantitative estimate of drug-likeness (QED) is 0.216. The largest absolute Gasteiger partial charge is 0.483 e. The Labute approximate surface area is 266 Å². The lowest BCUT2D eigenvalue weighted by molar-refractivity contribution is -0.134. The lowest BCUT2D eigenvalue weighted by Crippen LogP contribution is -2.41. The number of benzene rings is 3. The maximum atomic E-state index is 13.0. The first-order valence-electron chi connectivity index (χ1n) is 15.8. The van der Waals surface area contributed by atoms with Crippen LogP contribution in [-0.2, 0) is 16.6 Å². The van der Waals surface area contributed by atoms with Crippen molar-refractivity contribution in [3.8, 4) is 11.4 Å². The molecule has 1 saturated heterocycles. The molecule has 1 aliphatic rings. The summed E-state index contributed by atoms with van der Waals surface area (Å²) < 4.78 is 7.62. The molecule has 0 radical (unpaired) electrons. The molecule has 1 aliphatic heterocycles. The van der Waals surface area contributed by atoms with E-state index in [1.165, 1.54) is 5.56 Å². The van der Waals surface area contributed by atoms with Gasteiger partial charge in [0.2, 0.25) is 0 Å². The predicted octanol–water partition coefficient (Wildman–Crippen LogP) is 7.60. The molecule has 0 atom stereocenters. The van der Waals surface area contributed by atoms with Crippen LogP contribution in [0, 0.1) is 26.7 Å². The summed E-state index contributed by atoms with van der Waals surface area (Å²) in [7, 11) is 0. The molecule has 2 N–H and O–H groups in total. The number of likely N-dealkylation sites (tertiary alicyclic amines) is 1. The highest BCUT2D eigenvalue weighted by atomic mass is 16.5. The minimum Gasteiger partial charge on any atom is -0.483 e. The number of hydrogen-bond donors (Lipinski definition) is 2. The highest BCUT2D eigenvalue weighted by Crippen LogP contribution is 2.27. The summed E-state index contributed by atoms with van der Waals surface area (Å²) in [5, 5.41) is 10.7. The van der Waals surface area contributed by atoms with Crippen LogP contribution in [0.2, 0.25) is 0 Å². The molecule has 3 aromatic carbocycles. The van der Waals surface area contributed by atoms with E-state index < -0.39 is 0 Å². The van der Waals surface area contributed by atoms with Crippen LogP contribution in [0.3, 0.4) is 0 Å². The lowest BCUT2D eigenvalue weighted by atomic mass is 9.90. The fourth-order valence-electron chi connectivity index (χ4n) is 5.55. The van der Waals surface area contributed by atoms with Crippen LogP contribution in [0.4, 0.5) is 16.3 Å². The van der Waals surface area contributed by atoms with E-state index in [0.29, 0.717) is 11.7 Å².